The number of aliphatic hydroxyl groups is 1. The predicted molar refractivity (Wildman–Crippen MR) is 64.6 cm³/mol. The quantitative estimate of drug-likeness (QED) is 0.854. The Bertz CT molecular complexity index is 453. The first-order valence-electron chi connectivity index (χ1n) is 6.54. The fraction of sp³-hybridized carbons (Fsp3) is 0.571. The van der Waals surface area contributed by atoms with Gasteiger partial charge >= 0.3 is 6.18 Å². The maximum Gasteiger partial charge on any atom is 0.419 e. The summed E-state index contributed by atoms with van der Waals surface area (Å²) in [6.45, 7) is 0.690. The molecule has 1 aromatic rings. The average molecular weight is 292 g/mol. The summed E-state index contributed by atoms with van der Waals surface area (Å²) in [5, 5.41) is 9.92. The number of ether oxygens (including phenoxy) is 1. The van der Waals surface area contributed by atoms with E-state index < -0.39 is 23.7 Å². The van der Waals surface area contributed by atoms with Gasteiger partial charge < -0.3 is 9.84 Å². The summed E-state index contributed by atoms with van der Waals surface area (Å²) in [6.07, 6.45) is -2.98. The van der Waals surface area contributed by atoms with Crippen molar-refractivity contribution in [2.45, 2.75) is 44.1 Å². The van der Waals surface area contributed by atoms with E-state index in [0.717, 1.165) is 18.9 Å². The second kappa shape index (κ2) is 6.10. The minimum atomic E-state index is -4.76. The lowest BCUT2D eigenvalue weighted by Gasteiger charge is -2.16. The monoisotopic (exact) mass is 292 g/mol. The largest absolute Gasteiger partial charge is 0.419 e. The molecular formula is C14H16F4O2. The molecule has 0 aliphatic carbocycles. The van der Waals surface area contributed by atoms with Gasteiger partial charge in [-0.2, -0.15) is 13.2 Å². The van der Waals surface area contributed by atoms with Gasteiger partial charge in [0, 0.05) is 6.61 Å². The van der Waals surface area contributed by atoms with Gasteiger partial charge in [0.05, 0.1) is 17.8 Å². The molecule has 0 amide bonds. The molecule has 2 rings (SSSR count). The third-order valence-electron chi connectivity index (χ3n) is 3.47. The second-order valence-electron chi connectivity index (χ2n) is 4.97. The van der Waals surface area contributed by atoms with Crippen LogP contribution in [-0.2, 0) is 10.9 Å². The second-order valence-corrected chi connectivity index (χ2v) is 4.97. The van der Waals surface area contributed by atoms with Gasteiger partial charge in [-0.25, -0.2) is 4.39 Å². The normalized spacial score (nSPS) is 21.1. The van der Waals surface area contributed by atoms with Crippen molar-refractivity contribution in [3.05, 3.63) is 35.1 Å². The molecule has 2 atom stereocenters. The van der Waals surface area contributed by atoms with E-state index in [1.807, 2.05) is 0 Å². The highest BCUT2D eigenvalue weighted by atomic mass is 19.4. The van der Waals surface area contributed by atoms with Crippen LogP contribution in [0.3, 0.4) is 0 Å². The van der Waals surface area contributed by atoms with Crippen LogP contribution in [0.1, 0.15) is 42.9 Å². The summed E-state index contributed by atoms with van der Waals surface area (Å²) in [7, 11) is 0. The van der Waals surface area contributed by atoms with Crippen molar-refractivity contribution in [3.63, 3.8) is 0 Å². The van der Waals surface area contributed by atoms with Crippen LogP contribution >= 0.6 is 0 Å². The summed E-state index contributed by atoms with van der Waals surface area (Å²) in [5.74, 6) is -1.33. The van der Waals surface area contributed by atoms with Gasteiger partial charge in [-0.15, -0.1) is 0 Å². The molecule has 0 radical (unpaired) electrons. The molecule has 0 saturated carbocycles. The molecular weight excluding hydrogens is 276 g/mol. The zero-order valence-electron chi connectivity index (χ0n) is 10.8. The van der Waals surface area contributed by atoms with Crippen LogP contribution < -0.4 is 0 Å². The Kier molecular flexibility index (Phi) is 4.65. The molecule has 1 aromatic carbocycles. The lowest BCUT2D eigenvalue weighted by Crippen LogP contribution is -2.11. The van der Waals surface area contributed by atoms with Crippen LogP contribution in [0.5, 0.6) is 0 Å². The van der Waals surface area contributed by atoms with E-state index in [1.165, 1.54) is 6.07 Å². The van der Waals surface area contributed by atoms with Crippen LogP contribution in [0.15, 0.2) is 18.2 Å². The van der Waals surface area contributed by atoms with Crippen LogP contribution in [0.25, 0.3) is 0 Å². The Morgan fingerprint density at radius 1 is 1.35 bits per heavy atom. The first-order chi connectivity index (χ1) is 9.38. The van der Waals surface area contributed by atoms with E-state index >= 15 is 0 Å². The van der Waals surface area contributed by atoms with Crippen molar-refractivity contribution in [2.75, 3.05) is 6.61 Å². The van der Waals surface area contributed by atoms with E-state index in [0.29, 0.717) is 25.5 Å². The lowest BCUT2D eigenvalue weighted by molar-refractivity contribution is -0.140. The number of aliphatic hydroxyl groups excluding tert-OH is 1. The van der Waals surface area contributed by atoms with Gasteiger partial charge in [0.15, 0.2) is 0 Å². The van der Waals surface area contributed by atoms with Crippen molar-refractivity contribution < 1.29 is 27.4 Å². The Hall–Kier alpha value is -1.14. The number of benzene rings is 1. The Morgan fingerprint density at radius 2 is 2.10 bits per heavy atom. The van der Waals surface area contributed by atoms with Crippen LogP contribution in [0.2, 0.25) is 0 Å². The van der Waals surface area contributed by atoms with Crippen LogP contribution in [-0.4, -0.2) is 17.8 Å². The Morgan fingerprint density at radius 3 is 2.70 bits per heavy atom. The fourth-order valence-corrected chi connectivity index (χ4v) is 2.35. The third-order valence-corrected chi connectivity index (χ3v) is 3.47. The van der Waals surface area contributed by atoms with E-state index in [2.05, 4.69) is 0 Å². The molecule has 112 valence electrons. The molecule has 0 aromatic heterocycles. The number of hydrogen-bond donors (Lipinski definition) is 1. The first kappa shape index (κ1) is 15.3. The molecule has 1 aliphatic rings. The van der Waals surface area contributed by atoms with Crippen LogP contribution in [0, 0.1) is 5.82 Å². The molecule has 20 heavy (non-hydrogen) atoms. The summed E-state index contributed by atoms with van der Waals surface area (Å²) < 4.78 is 56.3. The summed E-state index contributed by atoms with van der Waals surface area (Å²) >= 11 is 0. The molecule has 0 spiro atoms. The highest BCUT2D eigenvalue weighted by Gasteiger charge is 2.34. The Labute approximate surface area is 114 Å². The van der Waals surface area contributed by atoms with E-state index in [9.17, 15) is 22.7 Å². The van der Waals surface area contributed by atoms with Crippen molar-refractivity contribution in [2.24, 2.45) is 0 Å². The fourth-order valence-electron chi connectivity index (χ4n) is 2.35. The molecule has 2 nitrogen and oxygen atoms in total. The van der Waals surface area contributed by atoms with E-state index in [-0.39, 0.29) is 11.7 Å². The minimum Gasteiger partial charge on any atom is -0.388 e. The highest BCUT2D eigenvalue weighted by Crippen LogP contribution is 2.34. The predicted octanol–water partition coefficient (Wildman–Crippen LogP) is 3.84. The molecule has 1 saturated heterocycles. The van der Waals surface area contributed by atoms with Crippen molar-refractivity contribution in [1.82, 2.24) is 0 Å². The van der Waals surface area contributed by atoms with Crippen molar-refractivity contribution >= 4 is 0 Å². The minimum absolute atomic E-state index is 0.0622. The topological polar surface area (TPSA) is 29.5 Å². The molecule has 1 aliphatic heterocycles. The molecule has 0 bridgehead atoms. The van der Waals surface area contributed by atoms with Gasteiger partial charge in [-0.3, -0.25) is 0 Å². The zero-order valence-corrected chi connectivity index (χ0v) is 10.8. The summed E-state index contributed by atoms with van der Waals surface area (Å²) in [4.78, 5) is 0. The first-order valence-corrected chi connectivity index (χ1v) is 6.54. The summed E-state index contributed by atoms with van der Waals surface area (Å²) in [6, 6.07) is 2.60. The molecule has 1 heterocycles. The zero-order chi connectivity index (χ0) is 14.8. The van der Waals surface area contributed by atoms with Crippen molar-refractivity contribution in [1.29, 1.82) is 0 Å². The molecule has 2 unspecified atom stereocenters. The number of halogens is 4. The lowest BCUT2D eigenvalue weighted by atomic mass is 9.99. The molecule has 6 heteroatoms. The van der Waals surface area contributed by atoms with E-state index in [4.69, 9.17) is 4.74 Å². The van der Waals surface area contributed by atoms with E-state index in [1.54, 1.807) is 0 Å². The third kappa shape index (κ3) is 3.70. The van der Waals surface area contributed by atoms with Gasteiger partial charge in [-0.05, 0) is 43.4 Å². The van der Waals surface area contributed by atoms with Crippen molar-refractivity contribution in [3.8, 4) is 0 Å². The maximum atomic E-state index is 13.1. The number of alkyl halides is 3. The number of rotatable bonds is 4. The standard InChI is InChI=1S/C14H16F4O2/c15-12-5-3-9(8-11(12)14(16,17)18)13(19)6-4-10-2-1-7-20-10/h3,5,8,10,13,19H,1-2,4,6-7H2. The van der Waals surface area contributed by atoms with Gasteiger partial charge in [0.1, 0.15) is 5.82 Å². The maximum absolute atomic E-state index is 13.1. The highest BCUT2D eigenvalue weighted by molar-refractivity contribution is 5.28. The van der Waals surface area contributed by atoms with Gasteiger partial charge in [-0.1, -0.05) is 6.07 Å². The molecule has 1 N–H and O–H groups in total. The smallest absolute Gasteiger partial charge is 0.388 e. The molecule has 1 fully saturated rings. The Balaban J connectivity index is 2.03. The van der Waals surface area contributed by atoms with Gasteiger partial charge in [0.25, 0.3) is 0 Å². The van der Waals surface area contributed by atoms with Crippen LogP contribution in [0.4, 0.5) is 17.6 Å². The average Bonchev–Trinajstić information content (AvgIpc) is 2.88. The SMILES string of the molecule is OC(CCC1CCCO1)c1ccc(F)c(C(F)(F)F)c1. The summed E-state index contributed by atoms with van der Waals surface area (Å²) in [5.41, 5.74) is -1.26. The number of hydrogen-bond acceptors (Lipinski definition) is 2. The van der Waals surface area contributed by atoms with Gasteiger partial charge in [0.2, 0.25) is 0 Å².